The number of thiocarbonyl (C=S) groups is 2. The van der Waals surface area contributed by atoms with Gasteiger partial charge in [-0.25, -0.2) is 0 Å². The van der Waals surface area contributed by atoms with Gasteiger partial charge < -0.3 is 0 Å². The van der Waals surface area contributed by atoms with Gasteiger partial charge in [0.25, 0.3) is 17.7 Å². The largest absolute Gasteiger partial charge is 0.298 e. The molecule has 2 heterocycles. The molecule has 0 radical (unpaired) electrons. The highest BCUT2D eigenvalue weighted by atomic mass is 32.2. The van der Waals surface area contributed by atoms with E-state index in [4.69, 9.17) is 24.4 Å². The summed E-state index contributed by atoms with van der Waals surface area (Å²) in [5.41, 5.74) is 1.50. The van der Waals surface area contributed by atoms with Crippen molar-refractivity contribution >= 4 is 75.5 Å². The molecule has 0 aliphatic carbocycles. The van der Waals surface area contributed by atoms with Crippen molar-refractivity contribution in [2.45, 2.75) is 13.3 Å². The minimum atomic E-state index is -0.533. The molecule has 3 amide bonds. The Labute approximate surface area is 189 Å². The van der Waals surface area contributed by atoms with Gasteiger partial charge in [0, 0.05) is 13.1 Å². The Morgan fingerprint density at radius 2 is 1.67 bits per heavy atom. The standard InChI is InChI=1S/C21H19N3O3S3/c1-3-9-23-18(26)15(17(25)22-20(23)28)11-13-5-7-14(8-6-13)12-16-19(27)24(10-4-2)21(29)30-16/h3,5-8,11-12H,1,4,9-10H2,2H3,(H,22,25,28)/b15-11+,16-12-. The fourth-order valence-corrected chi connectivity index (χ4v) is 4.47. The van der Waals surface area contributed by atoms with Crippen molar-refractivity contribution in [2.24, 2.45) is 0 Å². The Kier molecular flexibility index (Phi) is 6.96. The third-order valence-electron chi connectivity index (χ3n) is 4.36. The number of carbonyl (C=O) groups is 3. The molecule has 6 nitrogen and oxygen atoms in total. The number of amides is 3. The van der Waals surface area contributed by atoms with Crippen molar-refractivity contribution in [2.75, 3.05) is 13.1 Å². The average molecular weight is 458 g/mol. The van der Waals surface area contributed by atoms with E-state index in [9.17, 15) is 14.4 Å². The monoisotopic (exact) mass is 457 g/mol. The molecule has 2 aliphatic rings. The van der Waals surface area contributed by atoms with Gasteiger partial charge in [0.2, 0.25) is 0 Å². The van der Waals surface area contributed by atoms with Gasteiger partial charge in [-0.05, 0) is 41.9 Å². The minimum Gasteiger partial charge on any atom is -0.298 e. The summed E-state index contributed by atoms with van der Waals surface area (Å²) < 4.78 is 0.568. The quantitative estimate of drug-likeness (QED) is 0.306. The third-order valence-corrected chi connectivity index (χ3v) is 6.06. The Bertz CT molecular complexity index is 1010. The summed E-state index contributed by atoms with van der Waals surface area (Å²) in [5, 5.41) is 2.58. The molecule has 154 valence electrons. The van der Waals surface area contributed by atoms with Crippen molar-refractivity contribution < 1.29 is 14.4 Å². The predicted octanol–water partition coefficient (Wildman–Crippen LogP) is 3.11. The number of carbonyl (C=O) groups excluding carboxylic acids is 3. The highest BCUT2D eigenvalue weighted by molar-refractivity contribution is 8.26. The molecule has 0 unspecified atom stereocenters. The topological polar surface area (TPSA) is 69.7 Å². The lowest BCUT2D eigenvalue weighted by Gasteiger charge is -2.27. The molecule has 30 heavy (non-hydrogen) atoms. The van der Waals surface area contributed by atoms with Crippen LogP contribution in [0.25, 0.3) is 12.2 Å². The lowest BCUT2D eigenvalue weighted by atomic mass is 10.1. The normalized spacial score (nSPS) is 19.8. The fraction of sp³-hybridized carbons (Fsp3) is 0.190. The number of rotatable bonds is 6. The van der Waals surface area contributed by atoms with Crippen molar-refractivity contribution in [1.82, 2.24) is 15.1 Å². The zero-order valence-corrected chi connectivity index (χ0v) is 18.7. The number of thioether (sulfide) groups is 1. The summed E-state index contributed by atoms with van der Waals surface area (Å²) in [6.07, 6.45) is 5.68. The summed E-state index contributed by atoms with van der Waals surface area (Å²) in [6, 6.07) is 7.18. The first-order valence-corrected chi connectivity index (χ1v) is 10.8. The van der Waals surface area contributed by atoms with Crippen LogP contribution in [0.1, 0.15) is 24.5 Å². The van der Waals surface area contributed by atoms with E-state index in [1.807, 2.05) is 19.1 Å². The maximum absolute atomic E-state index is 12.6. The molecular weight excluding hydrogens is 438 g/mol. The Balaban J connectivity index is 1.81. The van der Waals surface area contributed by atoms with Gasteiger partial charge in [-0.2, -0.15) is 0 Å². The van der Waals surface area contributed by atoms with Gasteiger partial charge in [0.05, 0.1) is 4.91 Å². The molecule has 0 aromatic heterocycles. The van der Waals surface area contributed by atoms with Crippen LogP contribution in [-0.4, -0.2) is 50.0 Å². The minimum absolute atomic E-state index is 0.00126. The average Bonchev–Trinajstić information content (AvgIpc) is 2.97. The van der Waals surface area contributed by atoms with Crippen molar-refractivity contribution in [3.63, 3.8) is 0 Å². The van der Waals surface area contributed by atoms with Gasteiger partial charge in [-0.1, -0.05) is 61.2 Å². The number of nitrogens with one attached hydrogen (secondary N) is 1. The first-order valence-electron chi connectivity index (χ1n) is 9.21. The summed E-state index contributed by atoms with van der Waals surface area (Å²) in [4.78, 5) is 40.7. The van der Waals surface area contributed by atoms with Crippen LogP contribution in [0.5, 0.6) is 0 Å². The molecule has 0 saturated carbocycles. The van der Waals surface area contributed by atoms with Crippen LogP contribution in [0.3, 0.4) is 0 Å². The zero-order chi connectivity index (χ0) is 21.8. The van der Waals surface area contributed by atoms with Crippen molar-refractivity contribution in [3.8, 4) is 0 Å². The van der Waals surface area contributed by atoms with Crippen LogP contribution in [0.15, 0.2) is 47.4 Å². The first-order chi connectivity index (χ1) is 14.3. The lowest BCUT2D eigenvalue weighted by Crippen LogP contribution is -2.53. The number of nitrogens with zero attached hydrogens (tertiary/aromatic N) is 2. The van der Waals surface area contributed by atoms with E-state index >= 15 is 0 Å². The van der Waals surface area contributed by atoms with E-state index in [1.54, 1.807) is 23.1 Å². The maximum atomic E-state index is 12.6. The Hall–Kier alpha value is -2.62. The van der Waals surface area contributed by atoms with Crippen LogP contribution in [0, 0.1) is 0 Å². The fourth-order valence-electron chi connectivity index (χ4n) is 2.91. The van der Waals surface area contributed by atoms with E-state index in [0.29, 0.717) is 21.3 Å². The molecule has 9 heteroatoms. The predicted molar refractivity (Wildman–Crippen MR) is 127 cm³/mol. The third kappa shape index (κ3) is 4.58. The van der Waals surface area contributed by atoms with E-state index in [2.05, 4.69) is 11.9 Å². The number of hydrogen-bond donors (Lipinski definition) is 1. The van der Waals surface area contributed by atoms with E-state index in [-0.39, 0.29) is 23.1 Å². The van der Waals surface area contributed by atoms with Gasteiger partial charge in [0.1, 0.15) is 9.89 Å². The van der Waals surface area contributed by atoms with Crippen LogP contribution < -0.4 is 5.32 Å². The molecule has 0 spiro atoms. The maximum Gasteiger partial charge on any atom is 0.266 e. The number of hydrogen-bond acceptors (Lipinski definition) is 6. The van der Waals surface area contributed by atoms with Gasteiger partial charge in [0.15, 0.2) is 5.11 Å². The molecule has 2 fully saturated rings. The first kappa shape index (κ1) is 22.1. The highest BCUT2D eigenvalue weighted by Crippen LogP contribution is 2.32. The zero-order valence-electron chi connectivity index (χ0n) is 16.2. The molecular formula is C21H19N3O3S3. The molecule has 2 aliphatic heterocycles. The Morgan fingerprint density at radius 3 is 2.27 bits per heavy atom. The van der Waals surface area contributed by atoms with Gasteiger partial charge in [-0.15, -0.1) is 6.58 Å². The van der Waals surface area contributed by atoms with Gasteiger partial charge in [-0.3, -0.25) is 29.5 Å². The summed E-state index contributed by atoms with van der Waals surface area (Å²) >= 11 is 11.6. The molecule has 0 atom stereocenters. The Morgan fingerprint density at radius 1 is 1.03 bits per heavy atom. The van der Waals surface area contributed by atoms with Crippen LogP contribution >= 0.6 is 36.2 Å². The van der Waals surface area contributed by atoms with Crippen molar-refractivity contribution in [1.29, 1.82) is 0 Å². The van der Waals surface area contributed by atoms with Crippen molar-refractivity contribution in [3.05, 3.63) is 58.5 Å². The van der Waals surface area contributed by atoms with E-state index in [1.165, 1.54) is 28.8 Å². The smallest absolute Gasteiger partial charge is 0.266 e. The molecule has 0 bridgehead atoms. The van der Waals surface area contributed by atoms with Crippen LogP contribution in [-0.2, 0) is 14.4 Å². The molecule has 3 rings (SSSR count). The molecule has 1 aromatic rings. The second-order valence-electron chi connectivity index (χ2n) is 6.52. The molecule has 1 aromatic carbocycles. The summed E-state index contributed by atoms with van der Waals surface area (Å²) in [5.74, 6) is -1.08. The highest BCUT2D eigenvalue weighted by Gasteiger charge is 2.33. The molecule has 2 saturated heterocycles. The van der Waals surface area contributed by atoms with E-state index in [0.717, 1.165) is 12.0 Å². The summed E-state index contributed by atoms with van der Waals surface area (Å²) in [7, 11) is 0. The van der Waals surface area contributed by atoms with Gasteiger partial charge >= 0.3 is 0 Å². The van der Waals surface area contributed by atoms with Crippen LogP contribution in [0.4, 0.5) is 0 Å². The second kappa shape index (κ2) is 9.46. The second-order valence-corrected chi connectivity index (χ2v) is 8.58. The van der Waals surface area contributed by atoms with E-state index < -0.39 is 11.8 Å². The summed E-state index contributed by atoms with van der Waals surface area (Å²) in [6.45, 7) is 6.42. The molecule has 1 N–H and O–H groups in total. The number of benzene rings is 1. The van der Waals surface area contributed by atoms with Crippen LogP contribution in [0.2, 0.25) is 0 Å². The lowest BCUT2D eigenvalue weighted by molar-refractivity contribution is -0.128. The SMILES string of the molecule is C=CCN1C(=O)/C(=C/c2ccc(/C=C3\SC(=S)N(CCC)C3=O)cc2)C(=O)NC1=S.